The van der Waals surface area contributed by atoms with Crippen LogP contribution >= 0.6 is 46.6 Å². The summed E-state index contributed by atoms with van der Waals surface area (Å²) >= 11 is 18.4. The molecule has 24 heavy (non-hydrogen) atoms. The molecule has 4 nitrogen and oxygen atoms in total. The molecule has 1 aliphatic heterocycles. The van der Waals surface area contributed by atoms with E-state index in [9.17, 15) is 14.7 Å². The second kappa shape index (κ2) is 6.69. The van der Waals surface area contributed by atoms with Gasteiger partial charge in [0, 0.05) is 15.6 Å². The van der Waals surface area contributed by atoms with E-state index in [-0.39, 0.29) is 21.2 Å². The molecule has 8 heteroatoms. The molecule has 122 valence electrons. The van der Waals surface area contributed by atoms with Gasteiger partial charge in [-0.1, -0.05) is 34.8 Å². The number of benzene rings is 2. The molecule has 0 unspecified atom stereocenters. The Morgan fingerprint density at radius 3 is 2.33 bits per heavy atom. The van der Waals surface area contributed by atoms with Crippen molar-refractivity contribution in [3.63, 3.8) is 0 Å². The Kier molecular flexibility index (Phi) is 4.78. The average Bonchev–Trinajstić information content (AvgIpc) is 2.80. The van der Waals surface area contributed by atoms with Gasteiger partial charge in [-0.05, 0) is 54.2 Å². The first-order valence-corrected chi connectivity index (χ1v) is 8.53. The van der Waals surface area contributed by atoms with Crippen LogP contribution in [0, 0.1) is 0 Å². The Hall–Kier alpha value is -1.66. The topological polar surface area (TPSA) is 57.6 Å². The number of amides is 2. The third kappa shape index (κ3) is 3.26. The fourth-order valence-electron chi connectivity index (χ4n) is 2.12. The predicted octanol–water partition coefficient (Wildman–Crippen LogP) is 5.59. The van der Waals surface area contributed by atoms with E-state index in [0.29, 0.717) is 15.7 Å². The van der Waals surface area contributed by atoms with Crippen LogP contribution in [0.1, 0.15) is 5.56 Å². The third-order valence-corrected chi connectivity index (χ3v) is 4.85. The molecule has 2 amide bonds. The number of aromatic hydroxyl groups is 1. The lowest BCUT2D eigenvalue weighted by molar-refractivity contribution is -0.113. The number of phenols is 1. The SMILES string of the molecule is O=C1SC(=Cc2cc(Cl)cc(Cl)c2O)C(=O)N1c1ccc(Cl)cc1. The Bertz CT molecular complexity index is 881. The van der Waals surface area contributed by atoms with Crippen LogP contribution in [-0.4, -0.2) is 16.3 Å². The van der Waals surface area contributed by atoms with Gasteiger partial charge in [0.1, 0.15) is 5.75 Å². The van der Waals surface area contributed by atoms with Gasteiger partial charge in [0.05, 0.1) is 15.6 Å². The number of hydrogen-bond acceptors (Lipinski definition) is 4. The molecule has 0 spiro atoms. The van der Waals surface area contributed by atoms with E-state index in [4.69, 9.17) is 34.8 Å². The lowest BCUT2D eigenvalue weighted by Crippen LogP contribution is -2.27. The van der Waals surface area contributed by atoms with Gasteiger partial charge in [-0.15, -0.1) is 0 Å². The minimum Gasteiger partial charge on any atom is -0.506 e. The summed E-state index contributed by atoms with van der Waals surface area (Å²) in [5.41, 5.74) is 0.674. The maximum absolute atomic E-state index is 12.5. The molecule has 0 atom stereocenters. The zero-order chi connectivity index (χ0) is 17.4. The van der Waals surface area contributed by atoms with Crippen LogP contribution in [-0.2, 0) is 4.79 Å². The number of nitrogens with zero attached hydrogens (tertiary/aromatic N) is 1. The van der Waals surface area contributed by atoms with E-state index >= 15 is 0 Å². The first kappa shape index (κ1) is 17.2. The van der Waals surface area contributed by atoms with E-state index < -0.39 is 11.1 Å². The summed E-state index contributed by atoms with van der Waals surface area (Å²) in [5, 5.41) is 10.4. The molecule has 1 aliphatic rings. The highest BCUT2D eigenvalue weighted by Gasteiger charge is 2.36. The van der Waals surface area contributed by atoms with Crippen LogP contribution in [0.5, 0.6) is 5.75 Å². The van der Waals surface area contributed by atoms with Crippen LogP contribution in [0.15, 0.2) is 41.3 Å². The van der Waals surface area contributed by atoms with Crippen molar-refractivity contribution in [3.05, 3.63) is 61.9 Å². The first-order chi connectivity index (χ1) is 11.4. The first-order valence-electron chi connectivity index (χ1n) is 6.58. The quantitative estimate of drug-likeness (QED) is 0.667. The second-order valence-corrected chi connectivity index (χ2v) is 7.09. The maximum Gasteiger partial charge on any atom is 0.298 e. The van der Waals surface area contributed by atoms with Crippen molar-refractivity contribution < 1.29 is 14.7 Å². The predicted molar refractivity (Wildman–Crippen MR) is 98.0 cm³/mol. The Labute approximate surface area is 156 Å². The van der Waals surface area contributed by atoms with Crippen LogP contribution < -0.4 is 4.90 Å². The van der Waals surface area contributed by atoms with Crippen LogP contribution in [0.4, 0.5) is 10.5 Å². The molecular weight excluding hydrogens is 393 g/mol. The number of anilines is 1. The number of carbonyl (C=O) groups excluding carboxylic acids is 2. The molecule has 0 saturated carbocycles. The molecule has 0 aliphatic carbocycles. The lowest BCUT2D eigenvalue weighted by Gasteiger charge is -2.12. The largest absolute Gasteiger partial charge is 0.506 e. The number of thioether (sulfide) groups is 1. The number of halogens is 3. The van der Waals surface area contributed by atoms with Crippen LogP contribution in [0.3, 0.4) is 0 Å². The zero-order valence-electron chi connectivity index (χ0n) is 11.8. The summed E-state index contributed by atoms with van der Waals surface area (Å²) in [4.78, 5) is 25.9. The summed E-state index contributed by atoms with van der Waals surface area (Å²) in [6.07, 6.45) is 1.38. The van der Waals surface area contributed by atoms with E-state index in [1.54, 1.807) is 24.3 Å². The smallest absolute Gasteiger partial charge is 0.298 e. The van der Waals surface area contributed by atoms with Crippen LogP contribution in [0.2, 0.25) is 15.1 Å². The van der Waals surface area contributed by atoms with Gasteiger partial charge in [-0.3, -0.25) is 9.59 Å². The molecule has 1 N–H and O–H groups in total. The summed E-state index contributed by atoms with van der Waals surface area (Å²) in [6, 6.07) is 9.18. The Balaban J connectivity index is 1.98. The van der Waals surface area contributed by atoms with Crippen molar-refractivity contribution in [2.75, 3.05) is 4.90 Å². The monoisotopic (exact) mass is 399 g/mol. The summed E-state index contributed by atoms with van der Waals surface area (Å²) in [5.74, 6) is -0.706. The average molecular weight is 401 g/mol. The summed E-state index contributed by atoms with van der Waals surface area (Å²) in [7, 11) is 0. The molecule has 3 rings (SSSR count). The zero-order valence-corrected chi connectivity index (χ0v) is 14.9. The minimum absolute atomic E-state index is 0.0608. The normalized spacial score (nSPS) is 16.3. The second-order valence-electron chi connectivity index (χ2n) is 4.82. The van der Waals surface area contributed by atoms with Gasteiger partial charge in [-0.2, -0.15) is 0 Å². The molecule has 2 aromatic carbocycles. The molecule has 1 saturated heterocycles. The third-order valence-electron chi connectivity index (χ3n) is 3.22. The van der Waals surface area contributed by atoms with Gasteiger partial charge in [0.25, 0.3) is 11.1 Å². The van der Waals surface area contributed by atoms with E-state index in [0.717, 1.165) is 16.7 Å². The van der Waals surface area contributed by atoms with Gasteiger partial charge in [0.15, 0.2) is 0 Å². The fraction of sp³-hybridized carbons (Fsp3) is 0. The van der Waals surface area contributed by atoms with Crippen molar-refractivity contribution >= 4 is 69.5 Å². The van der Waals surface area contributed by atoms with Crippen LogP contribution in [0.25, 0.3) is 6.08 Å². The number of imide groups is 1. The number of rotatable bonds is 2. The van der Waals surface area contributed by atoms with Gasteiger partial charge in [0.2, 0.25) is 0 Å². The van der Waals surface area contributed by atoms with E-state index in [1.807, 2.05) is 0 Å². The standard InChI is InChI=1S/C16H8Cl3NO3S/c17-9-1-3-11(4-2-9)20-15(22)13(24-16(20)23)6-8-5-10(18)7-12(19)14(8)21/h1-7,21H. The molecular formula is C16H8Cl3NO3S. The van der Waals surface area contributed by atoms with Gasteiger partial charge in [-0.25, -0.2) is 4.90 Å². The molecule has 2 aromatic rings. The van der Waals surface area contributed by atoms with E-state index in [1.165, 1.54) is 18.2 Å². The lowest BCUT2D eigenvalue weighted by atomic mass is 10.2. The van der Waals surface area contributed by atoms with Crippen molar-refractivity contribution in [1.82, 2.24) is 0 Å². The van der Waals surface area contributed by atoms with Gasteiger partial charge >= 0.3 is 0 Å². The molecule has 1 heterocycles. The highest BCUT2D eigenvalue weighted by atomic mass is 35.5. The fourth-order valence-corrected chi connectivity index (χ4v) is 3.59. The Morgan fingerprint density at radius 2 is 1.67 bits per heavy atom. The molecule has 0 radical (unpaired) electrons. The molecule has 0 bridgehead atoms. The van der Waals surface area contributed by atoms with E-state index in [2.05, 4.69) is 0 Å². The van der Waals surface area contributed by atoms with Crippen molar-refractivity contribution in [2.45, 2.75) is 0 Å². The molecule has 0 aromatic heterocycles. The van der Waals surface area contributed by atoms with Gasteiger partial charge < -0.3 is 5.11 Å². The minimum atomic E-state index is -0.497. The molecule has 1 fully saturated rings. The summed E-state index contributed by atoms with van der Waals surface area (Å²) < 4.78 is 0. The highest BCUT2D eigenvalue weighted by Crippen LogP contribution is 2.39. The van der Waals surface area contributed by atoms with Crippen molar-refractivity contribution in [3.8, 4) is 5.75 Å². The maximum atomic E-state index is 12.5. The number of hydrogen-bond donors (Lipinski definition) is 1. The number of carbonyl (C=O) groups is 2. The van der Waals surface area contributed by atoms with Crippen molar-refractivity contribution in [1.29, 1.82) is 0 Å². The summed E-state index contributed by atoms with van der Waals surface area (Å²) in [6.45, 7) is 0. The highest BCUT2D eigenvalue weighted by molar-refractivity contribution is 8.19. The number of phenolic OH excluding ortho intramolecular Hbond substituents is 1. The Morgan fingerprint density at radius 1 is 1.00 bits per heavy atom. The van der Waals surface area contributed by atoms with Crippen molar-refractivity contribution in [2.24, 2.45) is 0 Å².